The summed E-state index contributed by atoms with van der Waals surface area (Å²) in [7, 11) is 0. The summed E-state index contributed by atoms with van der Waals surface area (Å²) in [5.74, 6) is -0.339. The second-order valence-electron chi connectivity index (χ2n) is 14.4. The van der Waals surface area contributed by atoms with Gasteiger partial charge in [0.1, 0.15) is 0 Å². The Bertz CT molecular complexity index is 2710. The van der Waals surface area contributed by atoms with Gasteiger partial charge in [-0.25, -0.2) is 0 Å². The van der Waals surface area contributed by atoms with E-state index in [1.165, 1.54) is 0 Å². The molecule has 0 fully saturated rings. The van der Waals surface area contributed by atoms with Gasteiger partial charge in [-0.05, 0) is 80.2 Å². The molecule has 0 aromatic heterocycles. The maximum atomic E-state index is 15.7. The van der Waals surface area contributed by atoms with Crippen molar-refractivity contribution in [2.24, 2.45) is 0 Å². The monoisotopic (exact) mass is 696 g/mol. The standard InChI is InChI=1S/C50H36N2O2/c1-31(33-17-5-3-6-18-33)51-47(43-29-35-21-9-11-23-37(35)39-25-13-15-27-41(39)43)45-46(49(51)53)48(52(50(45)54)32(2)34-19-7-4-8-20-34)44-30-36-22-10-12-24-38(36)40-26-14-16-28-42(40)44/h3-32H,1-2H3. The SMILES string of the molecule is CC(c1ccccc1)N1C(=O)C2=C(c3cc4ccccc4c4ccccc34)N(C(C)c3ccccc3)C(=O)C2=C1c1cc2ccccc2c2ccccc12. The maximum Gasteiger partial charge on any atom is 0.261 e. The lowest BCUT2D eigenvalue weighted by molar-refractivity contribution is -0.125. The third-order valence-electron chi connectivity index (χ3n) is 11.5. The molecule has 54 heavy (non-hydrogen) atoms. The molecule has 2 aliphatic rings. The predicted octanol–water partition coefficient (Wildman–Crippen LogP) is 11.6. The summed E-state index contributed by atoms with van der Waals surface area (Å²) in [4.78, 5) is 35.1. The number of carbonyl (C=O) groups excluding carboxylic acids is 2. The predicted molar refractivity (Wildman–Crippen MR) is 220 cm³/mol. The summed E-state index contributed by atoms with van der Waals surface area (Å²) in [6, 6.07) is 57.3. The molecule has 0 radical (unpaired) electrons. The van der Waals surface area contributed by atoms with Crippen LogP contribution in [0.25, 0.3) is 54.5 Å². The number of fused-ring (bicyclic) bond motifs is 7. The van der Waals surface area contributed by atoms with E-state index < -0.39 is 0 Å². The minimum Gasteiger partial charge on any atom is -0.300 e. The average Bonchev–Trinajstić information content (AvgIpc) is 3.70. The lowest BCUT2D eigenvalue weighted by atomic mass is 9.92. The Hall–Kier alpha value is -6.78. The third-order valence-corrected chi connectivity index (χ3v) is 11.5. The molecule has 2 unspecified atom stereocenters. The summed E-state index contributed by atoms with van der Waals surface area (Å²) >= 11 is 0. The lowest BCUT2D eigenvalue weighted by Gasteiger charge is -2.33. The zero-order valence-corrected chi connectivity index (χ0v) is 30.0. The molecule has 2 heterocycles. The Morgan fingerprint density at radius 3 is 1.07 bits per heavy atom. The van der Waals surface area contributed by atoms with Crippen LogP contribution in [0.15, 0.2) is 181 Å². The molecule has 2 aliphatic heterocycles. The molecule has 4 heteroatoms. The third kappa shape index (κ3) is 4.70. The van der Waals surface area contributed by atoms with Gasteiger partial charge in [0.2, 0.25) is 0 Å². The first kappa shape index (κ1) is 31.9. The van der Waals surface area contributed by atoms with Crippen molar-refractivity contribution in [3.05, 3.63) is 203 Å². The minimum absolute atomic E-state index is 0.169. The van der Waals surface area contributed by atoms with Gasteiger partial charge >= 0.3 is 0 Å². The normalized spacial score (nSPS) is 15.7. The van der Waals surface area contributed by atoms with Crippen LogP contribution in [-0.2, 0) is 9.59 Å². The van der Waals surface area contributed by atoms with Crippen LogP contribution in [0, 0.1) is 0 Å². The molecule has 2 atom stereocenters. The summed E-state index contributed by atoms with van der Waals surface area (Å²) in [5.41, 5.74) is 5.96. The van der Waals surface area contributed by atoms with Gasteiger partial charge in [0, 0.05) is 11.1 Å². The molecule has 0 spiro atoms. The highest BCUT2D eigenvalue weighted by Crippen LogP contribution is 2.53. The van der Waals surface area contributed by atoms with E-state index in [1.807, 2.05) is 70.5 Å². The quantitative estimate of drug-likeness (QED) is 0.162. The summed E-state index contributed by atoms with van der Waals surface area (Å²) in [6.07, 6.45) is 0. The molecular weight excluding hydrogens is 661 g/mol. The fraction of sp³-hybridized carbons (Fsp3) is 0.0800. The second-order valence-corrected chi connectivity index (χ2v) is 14.4. The first-order chi connectivity index (χ1) is 26.5. The van der Waals surface area contributed by atoms with Crippen LogP contribution in [0.2, 0.25) is 0 Å². The summed E-state index contributed by atoms with van der Waals surface area (Å²) < 4.78 is 0. The first-order valence-electron chi connectivity index (χ1n) is 18.6. The number of amides is 2. The van der Waals surface area contributed by atoms with E-state index in [4.69, 9.17) is 0 Å². The van der Waals surface area contributed by atoms with E-state index in [2.05, 4.69) is 123 Å². The molecule has 0 N–H and O–H groups in total. The van der Waals surface area contributed by atoms with E-state index in [0.29, 0.717) is 22.5 Å². The molecule has 0 saturated carbocycles. The van der Waals surface area contributed by atoms with E-state index in [-0.39, 0.29) is 23.9 Å². The summed E-state index contributed by atoms with van der Waals surface area (Å²) in [6.45, 7) is 4.14. The smallest absolute Gasteiger partial charge is 0.261 e. The molecule has 10 rings (SSSR count). The van der Waals surface area contributed by atoms with Gasteiger partial charge in [-0.3, -0.25) is 19.4 Å². The van der Waals surface area contributed by atoms with Crippen molar-refractivity contribution < 1.29 is 9.59 Å². The van der Waals surface area contributed by atoms with Crippen LogP contribution in [-0.4, -0.2) is 21.6 Å². The number of benzene rings is 8. The fourth-order valence-corrected chi connectivity index (χ4v) is 8.87. The van der Waals surface area contributed by atoms with Crippen molar-refractivity contribution in [2.75, 3.05) is 0 Å². The Balaban J connectivity index is 1.35. The van der Waals surface area contributed by atoms with E-state index in [1.54, 1.807) is 0 Å². The highest BCUT2D eigenvalue weighted by molar-refractivity contribution is 6.33. The molecule has 0 saturated heterocycles. The number of hydrogen-bond donors (Lipinski definition) is 0. The molecular formula is C50H36N2O2. The van der Waals surface area contributed by atoms with Crippen LogP contribution in [0.3, 0.4) is 0 Å². The Kier molecular flexibility index (Phi) is 7.34. The van der Waals surface area contributed by atoms with Crippen molar-refractivity contribution in [3.8, 4) is 0 Å². The van der Waals surface area contributed by atoms with E-state index in [0.717, 1.165) is 65.3 Å². The van der Waals surface area contributed by atoms with Gasteiger partial charge in [-0.1, -0.05) is 158 Å². The van der Waals surface area contributed by atoms with Crippen molar-refractivity contribution in [3.63, 3.8) is 0 Å². The first-order valence-corrected chi connectivity index (χ1v) is 18.6. The van der Waals surface area contributed by atoms with Crippen LogP contribution >= 0.6 is 0 Å². The topological polar surface area (TPSA) is 40.6 Å². The largest absolute Gasteiger partial charge is 0.300 e. The van der Waals surface area contributed by atoms with Crippen LogP contribution in [0.4, 0.5) is 0 Å². The zero-order chi connectivity index (χ0) is 36.5. The zero-order valence-electron chi connectivity index (χ0n) is 30.0. The molecule has 258 valence electrons. The average molecular weight is 697 g/mol. The van der Waals surface area contributed by atoms with Gasteiger partial charge in [0.05, 0.1) is 34.6 Å². The maximum absolute atomic E-state index is 15.7. The number of hydrogen-bond acceptors (Lipinski definition) is 2. The Labute approximate surface area is 313 Å². The molecule has 8 aromatic carbocycles. The second kappa shape index (κ2) is 12.4. The van der Waals surface area contributed by atoms with Gasteiger partial charge in [0.15, 0.2) is 0 Å². The van der Waals surface area contributed by atoms with Gasteiger partial charge < -0.3 is 0 Å². The number of nitrogens with zero attached hydrogens (tertiary/aromatic N) is 2. The molecule has 2 amide bonds. The van der Waals surface area contributed by atoms with Crippen LogP contribution < -0.4 is 0 Å². The van der Waals surface area contributed by atoms with Gasteiger partial charge in [-0.2, -0.15) is 0 Å². The van der Waals surface area contributed by atoms with Crippen molar-refractivity contribution in [1.82, 2.24) is 9.80 Å². The number of carbonyl (C=O) groups is 2. The highest BCUT2D eigenvalue weighted by Gasteiger charge is 2.52. The van der Waals surface area contributed by atoms with Crippen LogP contribution in [0.1, 0.15) is 48.2 Å². The number of rotatable bonds is 6. The van der Waals surface area contributed by atoms with Gasteiger partial charge in [0.25, 0.3) is 11.8 Å². The molecule has 8 aromatic rings. The molecule has 0 bridgehead atoms. The van der Waals surface area contributed by atoms with Crippen LogP contribution in [0.5, 0.6) is 0 Å². The van der Waals surface area contributed by atoms with Gasteiger partial charge in [-0.15, -0.1) is 0 Å². The Morgan fingerprint density at radius 2 is 0.685 bits per heavy atom. The molecule has 4 nitrogen and oxygen atoms in total. The molecule has 0 aliphatic carbocycles. The van der Waals surface area contributed by atoms with E-state index >= 15 is 9.59 Å². The van der Waals surface area contributed by atoms with Crippen molar-refractivity contribution >= 4 is 66.3 Å². The van der Waals surface area contributed by atoms with Crippen molar-refractivity contribution in [1.29, 1.82) is 0 Å². The minimum atomic E-state index is -0.355. The summed E-state index contributed by atoms with van der Waals surface area (Å²) in [5, 5.41) is 8.52. The van der Waals surface area contributed by atoms with E-state index in [9.17, 15) is 0 Å². The lowest BCUT2D eigenvalue weighted by Crippen LogP contribution is -2.33. The fourth-order valence-electron chi connectivity index (χ4n) is 8.87. The highest BCUT2D eigenvalue weighted by atomic mass is 16.2. The van der Waals surface area contributed by atoms with Crippen molar-refractivity contribution in [2.45, 2.75) is 25.9 Å². The Morgan fingerprint density at radius 1 is 0.370 bits per heavy atom.